The number of hydrogen-bond donors (Lipinski definition) is 1. The molecule has 0 aromatic carbocycles. The standard InChI is InChI=1S/C15H29N3O/c1-15(2,13-16)7-10-18-9-5-4-6-14(18)12-17-8-11-19-3/h14,17H,4-12H2,1-3H3. The minimum atomic E-state index is -0.203. The van der Waals surface area contributed by atoms with E-state index in [-0.39, 0.29) is 5.41 Å². The van der Waals surface area contributed by atoms with Gasteiger partial charge in [0.05, 0.1) is 18.1 Å². The molecular formula is C15H29N3O. The first-order chi connectivity index (χ1) is 9.09. The summed E-state index contributed by atoms with van der Waals surface area (Å²) >= 11 is 0. The molecule has 0 radical (unpaired) electrons. The van der Waals surface area contributed by atoms with Gasteiger partial charge in [-0.2, -0.15) is 5.26 Å². The molecule has 110 valence electrons. The second-order valence-electron chi connectivity index (χ2n) is 6.13. The van der Waals surface area contributed by atoms with Crippen LogP contribution in [0.1, 0.15) is 39.5 Å². The Bertz CT molecular complexity index is 286. The quantitative estimate of drug-likeness (QED) is 0.684. The number of hydrogen-bond acceptors (Lipinski definition) is 4. The van der Waals surface area contributed by atoms with Crippen LogP contribution in [-0.2, 0) is 4.74 Å². The Hall–Kier alpha value is -0.630. The molecule has 4 heteroatoms. The maximum Gasteiger partial charge on any atom is 0.0684 e. The molecule has 0 aromatic heterocycles. The van der Waals surface area contributed by atoms with Gasteiger partial charge in [-0.1, -0.05) is 6.42 Å². The number of nitrogens with zero attached hydrogens (tertiary/aromatic N) is 2. The summed E-state index contributed by atoms with van der Waals surface area (Å²) in [6.45, 7) is 9.01. The lowest BCUT2D eigenvalue weighted by Crippen LogP contribution is -2.46. The average Bonchev–Trinajstić information content (AvgIpc) is 2.42. The third-order valence-electron chi connectivity index (χ3n) is 3.94. The van der Waals surface area contributed by atoms with E-state index in [1.165, 1.54) is 25.8 Å². The second-order valence-corrected chi connectivity index (χ2v) is 6.13. The van der Waals surface area contributed by atoms with Crippen molar-refractivity contribution in [1.82, 2.24) is 10.2 Å². The van der Waals surface area contributed by atoms with Crippen molar-refractivity contribution in [2.24, 2.45) is 5.41 Å². The summed E-state index contributed by atoms with van der Waals surface area (Å²) in [7, 11) is 1.73. The van der Waals surface area contributed by atoms with Gasteiger partial charge in [-0.05, 0) is 46.2 Å². The number of likely N-dealkylation sites (tertiary alicyclic amines) is 1. The molecule has 1 aliphatic rings. The number of nitriles is 1. The summed E-state index contributed by atoms with van der Waals surface area (Å²) < 4.78 is 5.05. The van der Waals surface area contributed by atoms with Crippen LogP contribution in [0.5, 0.6) is 0 Å². The highest BCUT2D eigenvalue weighted by atomic mass is 16.5. The van der Waals surface area contributed by atoms with Crippen LogP contribution in [0.4, 0.5) is 0 Å². The van der Waals surface area contributed by atoms with Gasteiger partial charge in [0.25, 0.3) is 0 Å². The van der Waals surface area contributed by atoms with E-state index in [0.717, 1.165) is 32.7 Å². The third kappa shape index (κ3) is 6.38. The summed E-state index contributed by atoms with van der Waals surface area (Å²) in [6, 6.07) is 3.02. The van der Waals surface area contributed by atoms with Gasteiger partial charge in [0.15, 0.2) is 0 Å². The molecule has 0 bridgehead atoms. The smallest absolute Gasteiger partial charge is 0.0684 e. The van der Waals surface area contributed by atoms with E-state index in [1.807, 2.05) is 13.8 Å². The highest BCUT2D eigenvalue weighted by Gasteiger charge is 2.24. The molecule has 0 spiro atoms. The Morgan fingerprint density at radius 1 is 1.42 bits per heavy atom. The first-order valence-electron chi connectivity index (χ1n) is 7.44. The van der Waals surface area contributed by atoms with Gasteiger partial charge in [-0.25, -0.2) is 0 Å². The zero-order valence-electron chi connectivity index (χ0n) is 12.7. The fourth-order valence-corrected chi connectivity index (χ4v) is 2.51. The van der Waals surface area contributed by atoms with Crippen LogP contribution in [0.15, 0.2) is 0 Å². The van der Waals surface area contributed by atoms with Crippen molar-refractivity contribution in [1.29, 1.82) is 5.26 Å². The number of rotatable bonds is 8. The van der Waals surface area contributed by atoms with Crippen molar-refractivity contribution in [3.05, 3.63) is 0 Å². The zero-order chi connectivity index (χ0) is 14.1. The maximum atomic E-state index is 9.10. The molecule has 1 rings (SSSR count). The van der Waals surface area contributed by atoms with E-state index in [2.05, 4.69) is 16.3 Å². The molecule has 1 atom stereocenters. The third-order valence-corrected chi connectivity index (χ3v) is 3.94. The highest BCUT2D eigenvalue weighted by Crippen LogP contribution is 2.22. The molecule has 0 aliphatic carbocycles. The Morgan fingerprint density at radius 3 is 2.89 bits per heavy atom. The van der Waals surface area contributed by atoms with E-state index >= 15 is 0 Å². The van der Waals surface area contributed by atoms with Gasteiger partial charge in [0.2, 0.25) is 0 Å². The van der Waals surface area contributed by atoms with Gasteiger partial charge in [-0.3, -0.25) is 4.90 Å². The molecule has 4 nitrogen and oxygen atoms in total. The Kier molecular flexibility index (Phi) is 7.37. The Labute approximate surface area is 118 Å². The maximum absolute atomic E-state index is 9.10. The number of piperidine rings is 1. The first-order valence-corrected chi connectivity index (χ1v) is 7.44. The van der Waals surface area contributed by atoms with Gasteiger partial charge in [0, 0.05) is 26.2 Å². The molecule has 1 fully saturated rings. The van der Waals surface area contributed by atoms with Crippen LogP contribution in [0, 0.1) is 16.7 Å². The van der Waals surface area contributed by atoms with Crippen molar-refractivity contribution < 1.29 is 4.74 Å². The van der Waals surface area contributed by atoms with Gasteiger partial charge in [-0.15, -0.1) is 0 Å². The summed E-state index contributed by atoms with van der Waals surface area (Å²) in [4.78, 5) is 2.56. The summed E-state index contributed by atoms with van der Waals surface area (Å²) in [5.74, 6) is 0. The van der Waals surface area contributed by atoms with Crippen LogP contribution < -0.4 is 5.32 Å². The summed E-state index contributed by atoms with van der Waals surface area (Å²) in [6.07, 6.45) is 4.85. The minimum absolute atomic E-state index is 0.203. The second kappa shape index (κ2) is 8.52. The minimum Gasteiger partial charge on any atom is -0.383 e. The lowest BCUT2D eigenvalue weighted by atomic mass is 9.90. The van der Waals surface area contributed by atoms with Crippen LogP contribution in [0.2, 0.25) is 0 Å². The lowest BCUT2D eigenvalue weighted by molar-refractivity contribution is 0.129. The molecule has 0 aromatic rings. The van der Waals surface area contributed by atoms with Crippen molar-refractivity contribution in [2.45, 2.75) is 45.6 Å². The van der Waals surface area contributed by atoms with Gasteiger partial charge >= 0.3 is 0 Å². The molecule has 0 saturated carbocycles. The Balaban J connectivity index is 2.33. The first kappa shape index (κ1) is 16.4. The molecular weight excluding hydrogens is 238 g/mol. The van der Waals surface area contributed by atoms with Crippen molar-refractivity contribution >= 4 is 0 Å². The summed E-state index contributed by atoms with van der Waals surface area (Å²) in [5, 5.41) is 12.6. The van der Waals surface area contributed by atoms with Crippen LogP contribution in [0.3, 0.4) is 0 Å². The molecule has 1 heterocycles. The Morgan fingerprint density at radius 2 is 2.21 bits per heavy atom. The summed E-state index contributed by atoms with van der Waals surface area (Å²) in [5.41, 5.74) is -0.203. The zero-order valence-corrected chi connectivity index (χ0v) is 12.7. The number of nitrogens with one attached hydrogen (secondary N) is 1. The molecule has 1 unspecified atom stereocenters. The van der Waals surface area contributed by atoms with E-state index in [4.69, 9.17) is 10.00 Å². The fraction of sp³-hybridized carbons (Fsp3) is 0.933. The largest absolute Gasteiger partial charge is 0.383 e. The van der Waals surface area contributed by atoms with Gasteiger partial charge in [0.1, 0.15) is 0 Å². The van der Waals surface area contributed by atoms with Crippen molar-refractivity contribution in [3.8, 4) is 6.07 Å². The topological polar surface area (TPSA) is 48.3 Å². The predicted octanol–water partition coefficient (Wildman–Crippen LogP) is 2.02. The number of ether oxygens (including phenoxy) is 1. The van der Waals surface area contributed by atoms with Crippen molar-refractivity contribution in [3.63, 3.8) is 0 Å². The van der Waals surface area contributed by atoms with Crippen LogP contribution in [0.25, 0.3) is 0 Å². The van der Waals surface area contributed by atoms with E-state index in [9.17, 15) is 0 Å². The SMILES string of the molecule is COCCNCC1CCCCN1CCC(C)(C)C#N. The molecule has 1 N–H and O–H groups in total. The average molecular weight is 267 g/mol. The van der Waals surface area contributed by atoms with Crippen LogP contribution >= 0.6 is 0 Å². The molecule has 1 aliphatic heterocycles. The highest BCUT2D eigenvalue weighted by molar-refractivity contribution is 4.93. The van der Waals surface area contributed by atoms with Crippen molar-refractivity contribution in [2.75, 3.05) is 39.9 Å². The normalized spacial score (nSPS) is 21.3. The predicted molar refractivity (Wildman–Crippen MR) is 78.0 cm³/mol. The number of methoxy groups -OCH3 is 1. The van der Waals surface area contributed by atoms with E-state index in [1.54, 1.807) is 7.11 Å². The fourth-order valence-electron chi connectivity index (χ4n) is 2.51. The monoisotopic (exact) mass is 267 g/mol. The lowest BCUT2D eigenvalue weighted by Gasteiger charge is -2.37. The molecule has 19 heavy (non-hydrogen) atoms. The molecule has 1 saturated heterocycles. The van der Waals surface area contributed by atoms with Gasteiger partial charge < -0.3 is 10.1 Å². The van der Waals surface area contributed by atoms with E-state index < -0.39 is 0 Å². The van der Waals surface area contributed by atoms with E-state index in [0.29, 0.717) is 6.04 Å². The van der Waals surface area contributed by atoms with Crippen LogP contribution in [-0.4, -0.2) is 50.8 Å². The molecule has 0 amide bonds.